The van der Waals surface area contributed by atoms with Gasteiger partial charge in [-0.25, -0.2) is 4.98 Å². The number of hydrogen-bond donors (Lipinski definition) is 1. The summed E-state index contributed by atoms with van der Waals surface area (Å²) in [6.07, 6.45) is 3.58. The highest BCUT2D eigenvalue weighted by Crippen LogP contribution is 2.27. The first-order chi connectivity index (χ1) is 8.72. The molecule has 2 heterocycles. The molecule has 0 unspecified atom stereocenters. The number of hydrogen-bond acceptors (Lipinski definition) is 4. The van der Waals surface area contributed by atoms with Crippen molar-refractivity contribution in [3.8, 4) is 0 Å². The molecule has 1 aliphatic rings. The fourth-order valence-electron chi connectivity index (χ4n) is 2.55. The maximum atomic E-state index is 9.78. The molecule has 1 N–H and O–H groups in total. The first kappa shape index (κ1) is 13.3. The van der Waals surface area contributed by atoms with E-state index in [0.717, 1.165) is 43.9 Å². The SMILES string of the molecule is COCC1CCN(c2ncccc2[C@@H](C)O)CC1. The Morgan fingerprint density at radius 2 is 2.22 bits per heavy atom. The summed E-state index contributed by atoms with van der Waals surface area (Å²) in [4.78, 5) is 6.70. The van der Waals surface area contributed by atoms with Crippen LogP contribution in [0.25, 0.3) is 0 Å². The zero-order valence-electron chi connectivity index (χ0n) is 11.2. The van der Waals surface area contributed by atoms with Gasteiger partial charge in [0.15, 0.2) is 0 Å². The third-order valence-electron chi connectivity index (χ3n) is 3.58. The summed E-state index contributed by atoms with van der Waals surface area (Å²) in [7, 11) is 1.76. The van der Waals surface area contributed by atoms with Crippen LogP contribution in [0.1, 0.15) is 31.4 Å². The van der Waals surface area contributed by atoms with Crippen molar-refractivity contribution >= 4 is 5.82 Å². The molecule has 100 valence electrons. The maximum Gasteiger partial charge on any atom is 0.134 e. The van der Waals surface area contributed by atoms with E-state index in [1.165, 1.54) is 0 Å². The third-order valence-corrected chi connectivity index (χ3v) is 3.58. The zero-order valence-corrected chi connectivity index (χ0v) is 11.2. The Bertz CT molecular complexity index is 374. The van der Waals surface area contributed by atoms with Gasteiger partial charge >= 0.3 is 0 Å². The second-order valence-corrected chi connectivity index (χ2v) is 4.98. The van der Waals surface area contributed by atoms with Gasteiger partial charge in [-0.2, -0.15) is 0 Å². The lowest BCUT2D eigenvalue weighted by Gasteiger charge is -2.33. The zero-order chi connectivity index (χ0) is 13.0. The molecule has 2 rings (SSSR count). The van der Waals surface area contributed by atoms with Crippen molar-refractivity contribution in [1.82, 2.24) is 4.98 Å². The van der Waals surface area contributed by atoms with Crippen molar-refractivity contribution < 1.29 is 9.84 Å². The predicted molar refractivity (Wildman–Crippen MR) is 71.7 cm³/mol. The number of piperidine rings is 1. The van der Waals surface area contributed by atoms with Crippen LogP contribution >= 0.6 is 0 Å². The summed E-state index contributed by atoms with van der Waals surface area (Å²) >= 11 is 0. The smallest absolute Gasteiger partial charge is 0.134 e. The Balaban J connectivity index is 2.05. The molecule has 1 atom stereocenters. The van der Waals surface area contributed by atoms with E-state index in [1.807, 2.05) is 12.1 Å². The molecule has 1 aromatic heterocycles. The quantitative estimate of drug-likeness (QED) is 0.887. The van der Waals surface area contributed by atoms with Crippen LogP contribution in [0.2, 0.25) is 0 Å². The Hall–Kier alpha value is -1.13. The molecule has 1 aliphatic heterocycles. The van der Waals surface area contributed by atoms with E-state index in [1.54, 1.807) is 20.2 Å². The molecule has 0 spiro atoms. The number of aromatic nitrogens is 1. The summed E-state index contributed by atoms with van der Waals surface area (Å²) in [5.74, 6) is 1.59. The van der Waals surface area contributed by atoms with E-state index in [4.69, 9.17) is 4.74 Å². The highest BCUT2D eigenvalue weighted by molar-refractivity contribution is 5.48. The van der Waals surface area contributed by atoms with Crippen molar-refractivity contribution in [3.63, 3.8) is 0 Å². The Labute approximate surface area is 109 Å². The maximum absolute atomic E-state index is 9.78. The van der Waals surface area contributed by atoms with Gasteiger partial charge in [0.25, 0.3) is 0 Å². The second-order valence-electron chi connectivity index (χ2n) is 4.98. The highest BCUT2D eigenvalue weighted by Gasteiger charge is 2.22. The van der Waals surface area contributed by atoms with Crippen molar-refractivity contribution in [3.05, 3.63) is 23.9 Å². The number of ether oxygens (including phenoxy) is 1. The highest BCUT2D eigenvalue weighted by atomic mass is 16.5. The minimum Gasteiger partial charge on any atom is -0.389 e. The van der Waals surface area contributed by atoms with Crippen LogP contribution in [-0.2, 0) is 4.74 Å². The number of rotatable bonds is 4. The summed E-state index contributed by atoms with van der Waals surface area (Å²) in [6.45, 7) is 4.62. The number of aliphatic hydroxyl groups excluding tert-OH is 1. The van der Waals surface area contributed by atoms with Crippen LogP contribution in [0.4, 0.5) is 5.82 Å². The van der Waals surface area contributed by atoms with Gasteiger partial charge in [-0.3, -0.25) is 0 Å². The topological polar surface area (TPSA) is 45.6 Å². The fraction of sp³-hybridized carbons (Fsp3) is 0.643. The van der Waals surface area contributed by atoms with Gasteiger partial charge in [-0.1, -0.05) is 6.07 Å². The number of pyridine rings is 1. The van der Waals surface area contributed by atoms with Gasteiger partial charge < -0.3 is 14.7 Å². The standard InChI is InChI=1S/C14H22N2O2/c1-11(17)13-4-3-7-15-14(13)16-8-5-12(6-9-16)10-18-2/h3-4,7,11-12,17H,5-6,8-10H2,1-2H3/t11-/m1/s1. The molecule has 1 saturated heterocycles. The average molecular weight is 250 g/mol. The van der Waals surface area contributed by atoms with Crippen molar-refractivity contribution in [1.29, 1.82) is 0 Å². The fourth-order valence-corrected chi connectivity index (χ4v) is 2.55. The number of anilines is 1. The molecule has 0 radical (unpaired) electrons. The molecule has 0 saturated carbocycles. The van der Waals surface area contributed by atoms with Crippen molar-refractivity contribution in [2.45, 2.75) is 25.9 Å². The van der Waals surface area contributed by atoms with Crippen LogP contribution in [0, 0.1) is 5.92 Å². The van der Waals surface area contributed by atoms with Crippen LogP contribution in [0.5, 0.6) is 0 Å². The van der Waals surface area contributed by atoms with Crippen molar-refractivity contribution in [2.75, 3.05) is 31.7 Å². The van der Waals surface area contributed by atoms with E-state index < -0.39 is 6.10 Å². The van der Waals surface area contributed by atoms with E-state index in [0.29, 0.717) is 5.92 Å². The Morgan fingerprint density at radius 3 is 2.83 bits per heavy atom. The van der Waals surface area contributed by atoms with Crippen molar-refractivity contribution in [2.24, 2.45) is 5.92 Å². The molecule has 18 heavy (non-hydrogen) atoms. The molecule has 0 aliphatic carbocycles. The summed E-state index contributed by atoms with van der Waals surface area (Å²) < 4.78 is 5.21. The van der Waals surface area contributed by atoms with Crippen LogP contribution in [-0.4, -0.2) is 36.9 Å². The number of methoxy groups -OCH3 is 1. The first-order valence-corrected chi connectivity index (χ1v) is 6.59. The number of aliphatic hydroxyl groups is 1. The van der Waals surface area contributed by atoms with Gasteiger partial charge in [0.1, 0.15) is 5.82 Å². The Morgan fingerprint density at radius 1 is 1.50 bits per heavy atom. The van der Waals surface area contributed by atoms with Crippen LogP contribution in [0.3, 0.4) is 0 Å². The summed E-state index contributed by atoms with van der Waals surface area (Å²) in [6, 6.07) is 3.83. The molecular weight excluding hydrogens is 228 g/mol. The lowest BCUT2D eigenvalue weighted by Crippen LogP contribution is -2.36. The molecule has 4 heteroatoms. The molecular formula is C14H22N2O2. The van der Waals surface area contributed by atoms with Crippen LogP contribution < -0.4 is 4.90 Å². The molecule has 4 nitrogen and oxygen atoms in total. The normalized spacial score (nSPS) is 18.9. The predicted octanol–water partition coefficient (Wildman–Crippen LogP) is 2.00. The monoisotopic (exact) mass is 250 g/mol. The van der Waals surface area contributed by atoms with Gasteiger partial charge in [0.2, 0.25) is 0 Å². The minimum atomic E-state index is -0.467. The molecule has 1 fully saturated rings. The average Bonchev–Trinajstić information content (AvgIpc) is 2.40. The van der Waals surface area contributed by atoms with Crippen LogP contribution in [0.15, 0.2) is 18.3 Å². The van der Waals surface area contributed by atoms with E-state index in [2.05, 4.69) is 9.88 Å². The molecule has 0 bridgehead atoms. The number of nitrogens with zero attached hydrogens (tertiary/aromatic N) is 2. The second kappa shape index (κ2) is 6.16. The molecule has 1 aromatic rings. The van der Waals surface area contributed by atoms with E-state index >= 15 is 0 Å². The summed E-state index contributed by atoms with van der Waals surface area (Å²) in [5, 5.41) is 9.78. The Kier molecular flexibility index (Phi) is 4.55. The van der Waals surface area contributed by atoms with E-state index in [-0.39, 0.29) is 0 Å². The summed E-state index contributed by atoms with van der Waals surface area (Å²) in [5.41, 5.74) is 0.919. The lowest BCUT2D eigenvalue weighted by molar-refractivity contribution is 0.138. The van der Waals surface area contributed by atoms with Gasteiger partial charge in [0.05, 0.1) is 6.10 Å². The van der Waals surface area contributed by atoms with Gasteiger partial charge in [-0.05, 0) is 31.7 Å². The minimum absolute atomic E-state index is 0.467. The van der Waals surface area contributed by atoms with E-state index in [9.17, 15) is 5.11 Å². The van der Waals surface area contributed by atoms with Gasteiger partial charge in [0, 0.05) is 38.6 Å². The third kappa shape index (κ3) is 3.00. The molecule has 0 amide bonds. The lowest BCUT2D eigenvalue weighted by atomic mass is 9.97. The van der Waals surface area contributed by atoms with Gasteiger partial charge in [-0.15, -0.1) is 0 Å². The largest absolute Gasteiger partial charge is 0.389 e. The molecule has 0 aromatic carbocycles. The first-order valence-electron chi connectivity index (χ1n) is 6.59.